The number of hydrogen-bond acceptors (Lipinski definition) is 3. The molecule has 72 valence electrons. The number of benzene rings is 1. The van der Waals surface area contributed by atoms with Gasteiger partial charge in [-0.3, -0.25) is 0 Å². The Morgan fingerprint density at radius 2 is 2.31 bits per heavy atom. The first-order chi connectivity index (χ1) is 6.22. The molecule has 0 fully saturated rings. The van der Waals surface area contributed by atoms with Crippen LogP contribution in [0.15, 0.2) is 29.2 Å². The van der Waals surface area contributed by atoms with Crippen LogP contribution in [0.25, 0.3) is 0 Å². The molecule has 2 nitrogen and oxygen atoms in total. The SMILES string of the molecule is CCC(O)CSc1cccc(N)c1. The highest BCUT2D eigenvalue weighted by molar-refractivity contribution is 7.99. The lowest BCUT2D eigenvalue weighted by atomic mass is 10.3. The predicted octanol–water partition coefficient (Wildman–Crippen LogP) is 2.13. The summed E-state index contributed by atoms with van der Waals surface area (Å²) < 4.78 is 0. The van der Waals surface area contributed by atoms with Crippen molar-refractivity contribution in [2.24, 2.45) is 0 Å². The van der Waals surface area contributed by atoms with Crippen LogP contribution in [0.3, 0.4) is 0 Å². The molecule has 13 heavy (non-hydrogen) atoms. The Bertz CT molecular complexity index is 265. The molecule has 1 aromatic rings. The fourth-order valence-corrected chi connectivity index (χ4v) is 1.93. The van der Waals surface area contributed by atoms with E-state index in [1.807, 2.05) is 31.2 Å². The van der Waals surface area contributed by atoms with Gasteiger partial charge in [0.1, 0.15) is 0 Å². The highest BCUT2D eigenvalue weighted by Gasteiger charge is 2.01. The molecule has 0 spiro atoms. The van der Waals surface area contributed by atoms with Crippen LogP contribution in [-0.4, -0.2) is 17.0 Å². The number of hydrogen-bond donors (Lipinski definition) is 2. The monoisotopic (exact) mass is 197 g/mol. The standard InChI is InChI=1S/C10H15NOS/c1-2-9(12)7-13-10-5-3-4-8(11)6-10/h3-6,9,12H,2,7,11H2,1H3. The van der Waals surface area contributed by atoms with Gasteiger partial charge in [-0.05, 0) is 24.6 Å². The van der Waals surface area contributed by atoms with Crippen molar-refractivity contribution in [2.75, 3.05) is 11.5 Å². The van der Waals surface area contributed by atoms with Crippen LogP contribution in [-0.2, 0) is 0 Å². The molecule has 0 aliphatic carbocycles. The lowest BCUT2D eigenvalue weighted by Gasteiger charge is -2.06. The molecule has 3 heteroatoms. The summed E-state index contributed by atoms with van der Waals surface area (Å²) in [4.78, 5) is 1.12. The molecule has 3 N–H and O–H groups in total. The number of aliphatic hydroxyl groups is 1. The van der Waals surface area contributed by atoms with Gasteiger partial charge in [0.05, 0.1) is 6.10 Å². The van der Waals surface area contributed by atoms with E-state index in [4.69, 9.17) is 5.73 Å². The van der Waals surface area contributed by atoms with E-state index in [0.717, 1.165) is 22.8 Å². The largest absolute Gasteiger partial charge is 0.399 e. The van der Waals surface area contributed by atoms with Crippen molar-refractivity contribution in [3.8, 4) is 0 Å². The van der Waals surface area contributed by atoms with Gasteiger partial charge in [0.25, 0.3) is 0 Å². The van der Waals surface area contributed by atoms with Crippen LogP contribution in [0.1, 0.15) is 13.3 Å². The Balaban J connectivity index is 2.45. The Morgan fingerprint density at radius 1 is 1.54 bits per heavy atom. The average Bonchev–Trinajstić information content (AvgIpc) is 2.14. The van der Waals surface area contributed by atoms with E-state index < -0.39 is 0 Å². The van der Waals surface area contributed by atoms with Crippen LogP contribution < -0.4 is 5.73 Å². The maximum atomic E-state index is 9.34. The molecule has 0 radical (unpaired) electrons. The van der Waals surface area contributed by atoms with Crippen molar-refractivity contribution in [2.45, 2.75) is 24.3 Å². The lowest BCUT2D eigenvalue weighted by Crippen LogP contribution is -2.07. The molecule has 0 saturated heterocycles. The molecule has 0 aliphatic heterocycles. The zero-order chi connectivity index (χ0) is 9.68. The van der Waals surface area contributed by atoms with Gasteiger partial charge in [-0.25, -0.2) is 0 Å². The maximum absolute atomic E-state index is 9.34. The Hall–Kier alpha value is -0.670. The minimum absolute atomic E-state index is 0.216. The molecule has 0 aromatic heterocycles. The van der Waals surface area contributed by atoms with E-state index in [2.05, 4.69) is 0 Å². The van der Waals surface area contributed by atoms with Crippen molar-refractivity contribution in [3.05, 3.63) is 24.3 Å². The number of aliphatic hydroxyl groups excluding tert-OH is 1. The van der Waals surface area contributed by atoms with Gasteiger partial charge in [-0.2, -0.15) is 0 Å². The van der Waals surface area contributed by atoms with Crippen LogP contribution in [0, 0.1) is 0 Å². The molecule has 0 amide bonds. The fourth-order valence-electron chi connectivity index (χ4n) is 0.915. The minimum atomic E-state index is -0.216. The van der Waals surface area contributed by atoms with E-state index in [0.29, 0.717) is 0 Å². The summed E-state index contributed by atoms with van der Waals surface area (Å²) in [6, 6.07) is 7.72. The fraction of sp³-hybridized carbons (Fsp3) is 0.400. The molecule has 1 rings (SSSR count). The molecule has 1 atom stereocenters. The number of anilines is 1. The normalized spacial score (nSPS) is 12.8. The van der Waals surface area contributed by atoms with Gasteiger partial charge in [-0.1, -0.05) is 13.0 Å². The number of nitrogen functional groups attached to an aromatic ring is 1. The molecular weight excluding hydrogens is 182 g/mol. The first-order valence-electron chi connectivity index (χ1n) is 4.38. The van der Waals surface area contributed by atoms with E-state index in [-0.39, 0.29) is 6.10 Å². The molecule has 0 heterocycles. The minimum Gasteiger partial charge on any atom is -0.399 e. The summed E-state index contributed by atoms with van der Waals surface area (Å²) in [5, 5.41) is 9.34. The van der Waals surface area contributed by atoms with Gasteiger partial charge in [-0.15, -0.1) is 11.8 Å². The van der Waals surface area contributed by atoms with Gasteiger partial charge >= 0.3 is 0 Å². The molecule has 0 bridgehead atoms. The maximum Gasteiger partial charge on any atom is 0.0631 e. The third kappa shape index (κ3) is 3.70. The summed E-state index contributed by atoms with van der Waals surface area (Å²) in [6.45, 7) is 1.98. The van der Waals surface area contributed by atoms with Gasteiger partial charge in [0, 0.05) is 16.3 Å². The lowest BCUT2D eigenvalue weighted by molar-refractivity contribution is 0.195. The average molecular weight is 197 g/mol. The quantitative estimate of drug-likeness (QED) is 0.574. The van der Waals surface area contributed by atoms with Gasteiger partial charge in [0.15, 0.2) is 0 Å². The van der Waals surface area contributed by atoms with Gasteiger partial charge in [0.2, 0.25) is 0 Å². The van der Waals surface area contributed by atoms with Gasteiger partial charge < -0.3 is 10.8 Å². The second kappa shape index (κ2) is 5.14. The van der Waals surface area contributed by atoms with Crippen molar-refractivity contribution < 1.29 is 5.11 Å². The highest BCUT2D eigenvalue weighted by Crippen LogP contribution is 2.21. The van der Waals surface area contributed by atoms with Crippen molar-refractivity contribution in [1.82, 2.24) is 0 Å². The second-order valence-electron chi connectivity index (χ2n) is 2.95. The summed E-state index contributed by atoms with van der Waals surface area (Å²) in [6.07, 6.45) is 0.585. The Morgan fingerprint density at radius 3 is 2.92 bits per heavy atom. The van der Waals surface area contributed by atoms with Crippen LogP contribution in [0.2, 0.25) is 0 Å². The van der Waals surface area contributed by atoms with E-state index in [9.17, 15) is 5.11 Å². The molecule has 1 unspecified atom stereocenters. The topological polar surface area (TPSA) is 46.2 Å². The summed E-state index contributed by atoms with van der Waals surface area (Å²) in [5.41, 5.74) is 6.40. The van der Waals surface area contributed by atoms with E-state index >= 15 is 0 Å². The molecule has 0 aliphatic rings. The summed E-state index contributed by atoms with van der Waals surface area (Å²) in [5.74, 6) is 0.736. The number of nitrogens with two attached hydrogens (primary N) is 1. The zero-order valence-corrected chi connectivity index (χ0v) is 8.55. The first-order valence-corrected chi connectivity index (χ1v) is 5.37. The van der Waals surface area contributed by atoms with Crippen molar-refractivity contribution >= 4 is 17.4 Å². The molecule has 1 aromatic carbocycles. The molecule has 0 saturated carbocycles. The first kappa shape index (κ1) is 10.4. The second-order valence-corrected chi connectivity index (χ2v) is 4.04. The smallest absolute Gasteiger partial charge is 0.0631 e. The Kier molecular flexibility index (Phi) is 4.12. The van der Waals surface area contributed by atoms with E-state index in [1.165, 1.54) is 0 Å². The van der Waals surface area contributed by atoms with Crippen LogP contribution in [0.4, 0.5) is 5.69 Å². The Labute approximate surface area is 83.1 Å². The van der Waals surface area contributed by atoms with Crippen LogP contribution in [0.5, 0.6) is 0 Å². The summed E-state index contributed by atoms with van der Waals surface area (Å²) >= 11 is 1.64. The number of rotatable bonds is 4. The van der Waals surface area contributed by atoms with Crippen LogP contribution >= 0.6 is 11.8 Å². The zero-order valence-electron chi connectivity index (χ0n) is 7.73. The predicted molar refractivity (Wildman–Crippen MR) is 57.9 cm³/mol. The summed E-state index contributed by atoms with van der Waals surface area (Å²) in [7, 11) is 0. The van der Waals surface area contributed by atoms with Crippen molar-refractivity contribution in [3.63, 3.8) is 0 Å². The number of thioether (sulfide) groups is 1. The third-order valence-electron chi connectivity index (χ3n) is 1.77. The third-order valence-corrected chi connectivity index (χ3v) is 2.91. The highest BCUT2D eigenvalue weighted by atomic mass is 32.2. The molecular formula is C10H15NOS. The van der Waals surface area contributed by atoms with Crippen molar-refractivity contribution in [1.29, 1.82) is 0 Å². The van der Waals surface area contributed by atoms with E-state index in [1.54, 1.807) is 11.8 Å².